The van der Waals surface area contributed by atoms with Crippen LogP contribution < -0.4 is 11.1 Å². The third kappa shape index (κ3) is 2.68. The van der Waals surface area contributed by atoms with Crippen molar-refractivity contribution in [2.45, 2.75) is 12.8 Å². The topological polar surface area (TPSA) is 96.7 Å². The van der Waals surface area contributed by atoms with E-state index < -0.39 is 0 Å². The minimum atomic E-state index is 0.0466. The normalized spacial score (nSPS) is 14.1. The molecule has 116 valence electrons. The molecular formula is C16H14BrN5O. The molecule has 0 spiro atoms. The lowest BCUT2D eigenvalue weighted by Gasteiger charge is -2.07. The minimum Gasteiger partial charge on any atom is -0.382 e. The number of fused-ring (bicyclic) bond motifs is 1. The summed E-state index contributed by atoms with van der Waals surface area (Å²) < 4.78 is 0.884. The van der Waals surface area contributed by atoms with E-state index in [0.29, 0.717) is 11.6 Å². The van der Waals surface area contributed by atoms with Crippen molar-refractivity contribution in [2.24, 2.45) is 5.92 Å². The Labute approximate surface area is 140 Å². The number of H-pyrrole nitrogens is 1. The van der Waals surface area contributed by atoms with Gasteiger partial charge in [0.2, 0.25) is 5.91 Å². The number of hydrogen-bond acceptors (Lipinski definition) is 4. The van der Waals surface area contributed by atoms with E-state index in [0.717, 1.165) is 39.3 Å². The second-order valence-electron chi connectivity index (χ2n) is 5.68. The van der Waals surface area contributed by atoms with E-state index in [2.05, 4.69) is 36.4 Å². The van der Waals surface area contributed by atoms with Crippen LogP contribution in [0.2, 0.25) is 0 Å². The average molecular weight is 372 g/mol. The van der Waals surface area contributed by atoms with Crippen LogP contribution in [0.15, 0.2) is 34.9 Å². The summed E-state index contributed by atoms with van der Waals surface area (Å²) in [6.07, 6.45) is 3.62. The molecule has 0 aliphatic heterocycles. The number of aromatic nitrogens is 3. The summed E-state index contributed by atoms with van der Waals surface area (Å²) in [6.45, 7) is 0. The number of aromatic amines is 1. The predicted molar refractivity (Wildman–Crippen MR) is 92.8 cm³/mol. The Hall–Kier alpha value is -2.41. The Balaban J connectivity index is 1.72. The zero-order chi connectivity index (χ0) is 16.0. The van der Waals surface area contributed by atoms with E-state index in [4.69, 9.17) is 5.73 Å². The van der Waals surface area contributed by atoms with Gasteiger partial charge in [-0.25, -0.2) is 4.98 Å². The quantitative estimate of drug-likeness (QED) is 0.657. The van der Waals surface area contributed by atoms with Gasteiger partial charge in [-0.05, 0) is 64.2 Å². The molecule has 1 fully saturated rings. The van der Waals surface area contributed by atoms with Crippen LogP contribution in [0.5, 0.6) is 0 Å². The smallest absolute Gasteiger partial charge is 0.228 e. The standard InChI is InChI=1S/C16H14BrN5O/c17-12-6-10(5-11-14(12)21-22-15(11)18)9-3-4-19-13(7-9)20-16(23)8-1-2-8/h3-8H,1-2H2,(H3,18,21,22)(H,19,20,23). The lowest BCUT2D eigenvalue weighted by molar-refractivity contribution is -0.117. The molecular weight excluding hydrogens is 358 g/mol. The van der Waals surface area contributed by atoms with Crippen LogP contribution in [0.4, 0.5) is 11.6 Å². The number of halogens is 1. The first-order valence-corrected chi connectivity index (χ1v) is 8.11. The molecule has 0 radical (unpaired) electrons. The Morgan fingerprint density at radius 1 is 1.30 bits per heavy atom. The molecule has 1 aliphatic rings. The third-order valence-corrected chi connectivity index (χ3v) is 4.57. The molecule has 0 unspecified atom stereocenters. The van der Waals surface area contributed by atoms with Crippen LogP contribution in [-0.2, 0) is 4.79 Å². The van der Waals surface area contributed by atoms with Crippen LogP contribution in [-0.4, -0.2) is 21.1 Å². The van der Waals surface area contributed by atoms with Gasteiger partial charge in [-0.15, -0.1) is 0 Å². The fourth-order valence-corrected chi connectivity index (χ4v) is 3.07. The van der Waals surface area contributed by atoms with E-state index in [1.165, 1.54) is 0 Å². The second-order valence-corrected chi connectivity index (χ2v) is 6.54. The van der Waals surface area contributed by atoms with Crippen molar-refractivity contribution in [3.63, 3.8) is 0 Å². The Morgan fingerprint density at radius 3 is 2.91 bits per heavy atom. The van der Waals surface area contributed by atoms with Crippen molar-refractivity contribution in [1.29, 1.82) is 0 Å². The van der Waals surface area contributed by atoms with Gasteiger partial charge >= 0.3 is 0 Å². The highest BCUT2D eigenvalue weighted by Crippen LogP contribution is 2.33. The molecule has 0 saturated heterocycles. The second kappa shape index (κ2) is 5.34. The number of carbonyl (C=O) groups excluding carboxylic acids is 1. The largest absolute Gasteiger partial charge is 0.382 e. The molecule has 23 heavy (non-hydrogen) atoms. The molecule has 0 bridgehead atoms. The van der Waals surface area contributed by atoms with E-state index in [-0.39, 0.29) is 11.8 Å². The summed E-state index contributed by atoms with van der Waals surface area (Å²) in [5.74, 6) is 1.22. The lowest BCUT2D eigenvalue weighted by Crippen LogP contribution is -2.14. The number of nitrogen functional groups attached to an aromatic ring is 1. The van der Waals surface area contributed by atoms with Crippen molar-refractivity contribution < 1.29 is 4.79 Å². The van der Waals surface area contributed by atoms with Gasteiger partial charge in [0.15, 0.2) is 5.82 Å². The highest BCUT2D eigenvalue weighted by Gasteiger charge is 2.29. The number of carbonyl (C=O) groups is 1. The van der Waals surface area contributed by atoms with Gasteiger partial charge in [0.1, 0.15) is 5.82 Å². The maximum absolute atomic E-state index is 11.9. The summed E-state index contributed by atoms with van der Waals surface area (Å²) in [5, 5.41) is 10.7. The van der Waals surface area contributed by atoms with Crippen LogP contribution in [0.25, 0.3) is 22.0 Å². The van der Waals surface area contributed by atoms with Crippen molar-refractivity contribution in [3.05, 3.63) is 34.9 Å². The van der Waals surface area contributed by atoms with Crippen LogP contribution in [0.1, 0.15) is 12.8 Å². The van der Waals surface area contributed by atoms with E-state index in [1.807, 2.05) is 24.3 Å². The monoisotopic (exact) mass is 371 g/mol. The molecule has 2 heterocycles. The first kappa shape index (κ1) is 14.2. The zero-order valence-electron chi connectivity index (χ0n) is 12.1. The summed E-state index contributed by atoms with van der Waals surface area (Å²) in [7, 11) is 0. The molecule has 1 amide bonds. The highest BCUT2D eigenvalue weighted by atomic mass is 79.9. The maximum Gasteiger partial charge on any atom is 0.228 e. The maximum atomic E-state index is 11.9. The Morgan fingerprint density at radius 2 is 2.13 bits per heavy atom. The molecule has 4 N–H and O–H groups in total. The molecule has 4 rings (SSSR count). The van der Waals surface area contributed by atoms with E-state index in [1.54, 1.807) is 6.20 Å². The summed E-state index contributed by atoms with van der Waals surface area (Å²) in [4.78, 5) is 16.1. The van der Waals surface area contributed by atoms with Crippen molar-refractivity contribution in [1.82, 2.24) is 15.2 Å². The van der Waals surface area contributed by atoms with Gasteiger partial charge in [0, 0.05) is 22.0 Å². The SMILES string of the molecule is Nc1n[nH]c2c(Br)cc(-c3ccnc(NC(=O)C4CC4)c3)cc12. The molecule has 1 aromatic carbocycles. The fourth-order valence-electron chi connectivity index (χ4n) is 2.52. The van der Waals surface area contributed by atoms with Crippen molar-refractivity contribution in [3.8, 4) is 11.1 Å². The minimum absolute atomic E-state index is 0.0466. The van der Waals surface area contributed by atoms with Crippen LogP contribution in [0, 0.1) is 5.92 Å². The van der Waals surface area contributed by atoms with E-state index >= 15 is 0 Å². The third-order valence-electron chi connectivity index (χ3n) is 3.95. The van der Waals surface area contributed by atoms with Gasteiger partial charge in [0.25, 0.3) is 0 Å². The lowest BCUT2D eigenvalue weighted by atomic mass is 10.0. The first-order valence-electron chi connectivity index (χ1n) is 7.32. The number of nitrogens with one attached hydrogen (secondary N) is 2. The number of rotatable bonds is 3. The number of nitrogens with zero attached hydrogens (tertiary/aromatic N) is 2. The molecule has 1 saturated carbocycles. The van der Waals surface area contributed by atoms with Gasteiger partial charge in [0.05, 0.1) is 5.52 Å². The van der Waals surface area contributed by atoms with Gasteiger partial charge < -0.3 is 11.1 Å². The van der Waals surface area contributed by atoms with Gasteiger partial charge in [-0.1, -0.05) is 0 Å². The van der Waals surface area contributed by atoms with Crippen molar-refractivity contribution in [2.75, 3.05) is 11.1 Å². The predicted octanol–water partition coefficient (Wildman–Crippen LogP) is 3.32. The van der Waals surface area contributed by atoms with Crippen molar-refractivity contribution >= 4 is 44.4 Å². The number of amides is 1. The first-order chi connectivity index (χ1) is 11.1. The van der Waals surface area contributed by atoms with Crippen LogP contribution in [0.3, 0.4) is 0 Å². The number of anilines is 2. The van der Waals surface area contributed by atoms with Crippen LogP contribution >= 0.6 is 15.9 Å². The van der Waals surface area contributed by atoms with E-state index in [9.17, 15) is 4.79 Å². The average Bonchev–Trinajstić information content (AvgIpc) is 3.32. The molecule has 6 nitrogen and oxygen atoms in total. The number of nitrogens with two attached hydrogens (primary N) is 1. The molecule has 7 heteroatoms. The number of pyridine rings is 1. The summed E-state index contributed by atoms with van der Waals surface area (Å²) in [6, 6.07) is 7.73. The zero-order valence-corrected chi connectivity index (χ0v) is 13.7. The summed E-state index contributed by atoms with van der Waals surface area (Å²) >= 11 is 3.53. The Kier molecular flexibility index (Phi) is 3.30. The number of benzene rings is 1. The molecule has 2 aromatic heterocycles. The molecule has 3 aromatic rings. The summed E-state index contributed by atoms with van der Waals surface area (Å²) in [5.41, 5.74) is 8.69. The Bertz CT molecular complexity index is 916. The fraction of sp³-hybridized carbons (Fsp3) is 0.188. The molecule has 0 atom stereocenters. The highest BCUT2D eigenvalue weighted by molar-refractivity contribution is 9.10. The number of hydrogen-bond donors (Lipinski definition) is 3. The molecule has 1 aliphatic carbocycles. The van der Waals surface area contributed by atoms with Gasteiger partial charge in [-0.3, -0.25) is 9.89 Å². The van der Waals surface area contributed by atoms with Gasteiger partial charge in [-0.2, -0.15) is 5.10 Å².